The third-order valence-corrected chi connectivity index (χ3v) is 5.17. The Bertz CT molecular complexity index is 1040. The highest BCUT2D eigenvalue weighted by atomic mass is 16.4. The van der Waals surface area contributed by atoms with E-state index in [1.54, 1.807) is 6.07 Å². The number of hydrogen-bond acceptors (Lipinski definition) is 2. The fourth-order valence-electron chi connectivity index (χ4n) is 3.78. The van der Waals surface area contributed by atoms with Gasteiger partial charge in [0.2, 0.25) is 0 Å². The third kappa shape index (κ3) is 3.67. The van der Waals surface area contributed by atoms with Crippen molar-refractivity contribution < 1.29 is 14.7 Å². The molecule has 0 unspecified atom stereocenters. The highest BCUT2D eigenvalue weighted by Crippen LogP contribution is 2.28. The van der Waals surface area contributed by atoms with Gasteiger partial charge >= 0.3 is 5.97 Å². The second-order valence-corrected chi connectivity index (χ2v) is 7.06. The van der Waals surface area contributed by atoms with Gasteiger partial charge in [0.1, 0.15) is 0 Å². The summed E-state index contributed by atoms with van der Waals surface area (Å²) in [6, 6.07) is 23.2. The van der Waals surface area contributed by atoms with Gasteiger partial charge in [-0.15, -0.1) is 0 Å². The molecule has 4 rings (SSSR count). The van der Waals surface area contributed by atoms with E-state index in [-0.39, 0.29) is 12.3 Å². The van der Waals surface area contributed by atoms with E-state index in [1.807, 2.05) is 59.5 Å². The minimum atomic E-state index is -0.867. The van der Waals surface area contributed by atoms with Crippen LogP contribution in [0.3, 0.4) is 0 Å². The van der Waals surface area contributed by atoms with Gasteiger partial charge in [0.25, 0.3) is 5.91 Å². The highest BCUT2D eigenvalue weighted by molar-refractivity contribution is 6.01. The first-order valence-corrected chi connectivity index (χ1v) is 9.38. The molecule has 140 valence electrons. The maximum Gasteiger partial charge on any atom is 0.307 e. The predicted molar refractivity (Wildman–Crippen MR) is 108 cm³/mol. The maximum absolute atomic E-state index is 13.3. The molecule has 1 heterocycles. The summed E-state index contributed by atoms with van der Waals surface area (Å²) in [5.74, 6) is -0.859. The quantitative estimate of drug-likeness (QED) is 0.748. The molecule has 1 amide bonds. The number of rotatable bonds is 4. The van der Waals surface area contributed by atoms with Crippen molar-refractivity contribution in [1.82, 2.24) is 4.90 Å². The molecular weight excluding hydrogens is 350 g/mol. The van der Waals surface area contributed by atoms with E-state index in [9.17, 15) is 9.59 Å². The molecule has 0 aromatic heterocycles. The predicted octanol–water partition coefficient (Wildman–Crippen LogP) is 4.18. The number of benzene rings is 3. The van der Waals surface area contributed by atoms with Crippen molar-refractivity contribution in [2.45, 2.75) is 19.4 Å². The van der Waals surface area contributed by atoms with Gasteiger partial charge in [-0.3, -0.25) is 9.59 Å². The van der Waals surface area contributed by atoms with E-state index >= 15 is 0 Å². The molecule has 0 aliphatic carbocycles. The van der Waals surface area contributed by atoms with E-state index in [4.69, 9.17) is 5.11 Å². The molecule has 1 N–H and O–H groups in total. The zero-order chi connectivity index (χ0) is 19.5. The zero-order valence-electron chi connectivity index (χ0n) is 15.5. The topological polar surface area (TPSA) is 57.6 Å². The Morgan fingerprint density at radius 2 is 1.64 bits per heavy atom. The molecule has 4 heteroatoms. The fourth-order valence-corrected chi connectivity index (χ4v) is 3.78. The Balaban J connectivity index is 1.65. The summed E-state index contributed by atoms with van der Waals surface area (Å²) in [6.45, 7) is 1.31. The lowest BCUT2D eigenvalue weighted by Crippen LogP contribution is -2.36. The smallest absolute Gasteiger partial charge is 0.307 e. The average molecular weight is 371 g/mol. The first-order valence-electron chi connectivity index (χ1n) is 9.38. The third-order valence-electron chi connectivity index (χ3n) is 5.17. The van der Waals surface area contributed by atoms with Gasteiger partial charge in [-0.1, -0.05) is 66.7 Å². The number of hydrogen-bond donors (Lipinski definition) is 1. The summed E-state index contributed by atoms with van der Waals surface area (Å²) in [4.78, 5) is 26.2. The van der Waals surface area contributed by atoms with Crippen LogP contribution < -0.4 is 0 Å². The highest BCUT2D eigenvalue weighted by Gasteiger charge is 2.23. The van der Waals surface area contributed by atoms with E-state index in [2.05, 4.69) is 12.1 Å². The first-order chi connectivity index (χ1) is 13.6. The van der Waals surface area contributed by atoms with Gasteiger partial charge in [0, 0.05) is 18.7 Å². The maximum atomic E-state index is 13.3. The molecule has 0 bridgehead atoms. The summed E-state index contributed by atoms with van der Waals surface area (Å²) in [5.41, 5.74) is 5.57. The second-order valence-electron chi connectivity index (χ2n) is 7.06. The lowest BCUT2D eigenvalue weighted by molar-refractivity contribution is -0.136. The minimum absolute atomic E-state index is 0.00809. The summed E-state index contributed by atoms with van der Waals surface area (Å²) in [7, 11) is 0. The molecule has 0 fully saturated rings. The number of carboxylic acid groups (broad SMARTS) is 1. The summed E-state index contributed by atoms with van der Waals surface area (Å²) >= 11 is 0. The van der Waals surface area contributed by atoms with Crippen molar-refractivity contribution in [3.8, 4) is 11.1 Å². The number of fused-ring (bicyclic) bond motifs is 1. The molecule has 0 spiro atoms. The number of carbonyl (C=O) groups excluding carboxylic acids is 1. The molecule has 4 nitrogen and oxygen atoms in total. The number of amides is 1. The van der Waals surface area contributed by atoms with Crippen LogP contribution in [0, 0.1) is 0 Å². The summed E-state index contributed by atoms with van der Waals surface area (Å²) in [6.07, 6.45) is 0.824. The average Bonchev–Trinajstić information content (AvgIpc) is 2.72. The molecule has 0 atom stereocenters. The Kier molecular flexibility index (Phi) is 4.94. The lowest BCUT2D eigenvalue weighted by atomic mass is 9.95. The monoisotopic (exact) mass is 371 g/mol. The van der Waals surface area contributed by atoms with Crippen LogP contribution in [0.5, 0.6) is 0 Å². The Labute approximate surface area is 164 Å². The Hall–Kier alpha value is -3.40. The number of aliphatic carboxylic acids is 1. The molecule has 28 heavy (non-hydrogen) atoms. The fraction of sp³-hybridized carbons (Fsp3) is 0.167. The van der Waals surface area contributed by atoms with Crippen LogP contribution in [0.25, 0.3) is 11.1 Å². The number of carboxylic acids is 1. The molecule has 0 saturated carbocycles. The van der Waals surface area contributed by atoms with Crippen LogP contribution in [0.2, 0.25) is 0 Å². The van der Waals surface area contributed by atoms with Crippen LogP contribution in [0.4, 0.5) is 0 Å². The van der Waals surface area contributed by atoms with Crippen LogP contribution in [0.15, 0.2) is 72.8 Å². The van der Waals surface area contributed by atoms with Gasteiger partial charge in [0.05, 0.1) is 6.42 Å². The Morgan fingerprint density at radius 3 is 2.46 bits per heavy atom. The van der Waals surface area contributed by atoms with Gasteiger partial charge in [0.15, 0.2) is 0 Å². The van der Waals surface area contributed by atoms with E-state index in [1.165, 1.54) is 11.1 Å². The SMILES string of the molecule is O=C(O)Cc1cccc(-c2ccccc2C(=O)N2CCc3ccccc3C2)c1. The molecule has 0 saturated heterocycles. The zero-order valence-corrected chi connectivity index (χ0v) is 15.5. The molecular formula is C24H21NO3. The lowest BCUT2D eigenvalue weighted by Gasteiger charge is -2.29. The van der Waals surface area contributed by atoms with Gasteiger partial charge in [-0.25, -0.2) is 0 Å². The number of carbonyl (C=O) groups is 2. The van der Waals surface area contributed by atoms with Crippen molar-refractivity contribution in [2.24, 2.45) is 0 Å². The first kappa shape index (κ1) is 18.0. The molecule has 1 aliphatic rings. The molecule has 3 aromatic carbocycles. The molecule has 3 aromatic rings. The van der Waals surface area contributed by atoms with Gasteiger partial charge in [-0.05, 0) is 40.3 Å². The minimum Gasteiger partial charge on any atom is -0.481 e. The van der Waals surface area contributed by atoms with Crippen LogP contribution in [0.1, 0.15) is 27.0 Å². The number of nitrogens with zero attached hydrogens (tertiary/aromatic N) is 1. The van der Waals surface area contributed by atoms with Crippen molar-refractivity contribution in [1.29, 1.82) is 0 Å². The summed E-state index contributed by atoms with van der Waals surface area (Å²) < 4.78 is 0. The van der Waals surface area contributed by atoms with Gasteiger partial charge < -0.3 is 10.0 Å². The van der Waals surface area contributed by atoms with Crippen molar-refractivity contribution in [3.63, 3.8) is 0 Å². The van der Waals surface area contributed by atoms with E-state index in [0.29, 0.717) is 18.7 Å². The van der Waals surface area contributed by atoms with Gasteiger partial charge in [-0.2, -0.15) is 0 Å². The summed E-state index contributed by atoms with van der Waals surface area (Å²) in [5, 5.41) is 9.06. The van der Waals surface area contributed by atoms with Crippen LogP contribution >= 0.6 is 0 Å². The van der Waals surface area contributed by atoms with E-state index in [0.717, 1.165) is 23.1 Å². The van der Waals surface area contributed by atoms with Crippen LogP contribution in [-0.4, -0.2) is 28.4 Å². The Morgan fingerprint density at radius 1 is 0.893 bits per heavy atom. The standard InChI is InChI=1S/C24H21NO3/c26-23(27)15-17-6-5-9-19(14-17)21-10-3-4-11-22(21)24(28)25-13-12-18-7-1-2-8-20(18)16-25/h1-11,14H,12-13,15-16H2,(H,26,27). The normalized spacial score (nSPS) is 13.1. The largest absolute Gasteiger partial charge is 0.481 e. The van der Waals surface area contributed by atoms with Crippen molar-refractivity contribution >= 4 is 11.9 Å². The van der Waals surface area contributed by atoms with E-state index < -0.39 is 5.97 Å². The van der Waals surface area contributed by atoms with Crippen molar-refractivity contribution in [3.05, 3.63) is 95.1 Å². The second kappa shape index (κ2) is 7.69. The molecule has 0 radical (unpaired) electrons. The van der Waals surface area contributed by atoms with Crippen LogP contribution in [-0.2, 0) is 24.2 Å². The van der Waals surface area contributed by atoms with Crippen molar-refractivity contribution in [2.75, 3.05) is 6.54 Å². The molecule has 1 aliphatic heterocycles.